The van der Waals surface area contributed by atoms with Crippen molar-refractivity contribution in [2.45, 2.75) is 11.4 Å². The predicted octanol–water partition coefficient (Wildman–Crippen LogP) is 3.25. The first-order valence-electron chi connectivity index (χ1n) is 10.2. The van der Waals surface area contributed by atoms with Gasteiger partial charge in [0.15, 0.2) is 11.6 Å². The first-order valence-corrected chi connectivity index (χ1v) is 11.7. The Morgan fingerprint density at radius 1 is 1.00 bits per heavy atom. The molecule has 34 heavy (non-hydrogen) atoms. The van der Waals surface area contributed by atoms with Crippen LogP contribution >= 0.6 is 0 Å². The molecule has 9 nitrogen and oxygen atoms in total. The first-order chi connectivity index (χ1) is 16.4. The fourth-order valence-electron chi connectivity index (χ4n) is 3.62. The molecule has 0 aliphatic rings. The third-order valence-corrected chi connectivity index (χ3v) is 6.11. The van der Waals surface area contributed by atoms with E-state index in [4.69, 9.17) is 5.14 Å². The zero-order chi connectivity index (χ0) is 23.7. The van der Waals surface area contributed by atoms with E-state index in [2.05, 4.69) is 25.5 Å². The van der Waals surface area contributed by atoms with Crippen LogP contribution in [0, 0.1) is 5.82 Å². The second-order valence-electron chi connectivity index (χ2n) is 7.43. The van der Waals surface area contributed by atoms with Crippen LogP contribution < -0.4 is 10.5 Å². The van der Waals surface area contributed by atoms with Gasteiger partial charge in [-0.15, -0.1) is 10.2 Å². The van der Waals surface area contributed by atoms with E-state index < -0.39 is 15.8 Å². The quantitative estimate of drug-likeness (QED) is 0.386. The maximum Gasteiger partial charge on any atom is 0.239 e. The average molecular weight is 476 g/mol. The molecule has 5 rings (SSSR count). The summed E-state index contributed by atoms with van der Waals surface area (Å²) in [5.74, 6) is 0.345. The number of halogens is 1. The molecule has 1 aromatic carbocycles. The van der Waals surface area contributed by atoms with Gasteiger partial charge in [-0.3, -0.25) is 14.4 Å². The molecular weight excluding hydrogens is 457 g/mol. The summed E-state index contributed by atoms with van der Waals surface area (Å²) >= 11 is 0. The van der Waals surface area contributed by atoms with E-state index >= 15 is 0 Å². The normalized spacial score (nSPS) is 11.6. The number of rotatable bonds is 6. The van der Waals surface area contributed by atoms with Crippen molar-refractivity contribution in [3.8, 4) is 22.5 Å². The van der Waals surface area contributed by atoms with E-state index in [1.165, 1.54) is 36.8 Å². The molecule has 0 aliphatic carbocycles. The van der Waals surface area contributed by atoms with Crippen molar-refractivity contribution in [1.82, 2.24) is 24.6 Å². The number of hydrogen-bond acceptors (Lipinski definition) is 7. The summed E-state index contributed by atoms with van der Waals surface area (Å²) in [6.07, 6.45) is 5.98. The minimum atomic E-state index is -3.95. The number of anilines is 1. The van der Waals surface area contributed by atoms with Crippen molar-refractivity contribution >= 4 is 21.4 Å². The number of aromatic nitrogens is 5. The van der Waals surface area contributed by atoms with Crippen LogP contribution in [0.4, 0.5) is 10.2 Å². The third-order valence-electron chi connectivity index (χ3n) is 5.23. The molecule has 170 valence electrons. The molecule has 0 fully saturated rings. The van der Waals surface area contributed by atoms with Gasteiger partial charge in [0.25, 0.3) is 0 Å². The summed E-state index contributed by atoms with van der Waals surface area (Å²) in [6.45, 7) is 0.0955. The summed E-state index contributed by atoms with van der Waals surface area (Å²) in [5.41, 5.74) is 3.13. The number of sulfonamides is 1. The number of nitrogens with two attached hydrogens (primary N) is 1. The maximum absolute atomic E-state index is 14.1. The molecule has 3 N–H and O–H groups in total. The smallest absolute Gasteiger partial charge is 0.239 e. The Balaban J connectivity index is 1.66. The van der Waals surface area contributed by atoms with E-state index in [9.17, 15) is 12.8 Å². The van der Waals surface area contributed by atoms with E-state index in [1.807, 2.05) is 36.4 Å². The Kier molecular flexibility index (Phi) is 5.48. The number of pyridine rings is 2. The highest BCUT2D eigenvalue weighted by Crippen LogP contribution is 2.32. The van der Waals surface area contributed by atoms with Gasteiger partial charge in [0, 0.05) is 35.9 Å². The van der Waals surface area contributed by atoms with Crippen LogP contribution in [0.1, 0.15) is 5.69 Å². The van der Waals surface area contributed by atoms with Crippen LogP contribution in [0.3, 0.4) is 0 Å². The minimum absolute atomic E-state index is 0.0955. The fraction of sp³-hybridized carbons (Fsp3) is 0.0435. The Bertz CT molecular complexity index is 1600. The number of nitrogens with one attached hydrogen (secondary N) is 1. The van der Waals surface area contributed by atoms with Gasteiger partial charge in [0.2, 0.25) is 10.0 Å². The van der Waals surface area contributed by atoms with Gasteiger partial charge in [-0.1, -0.05) is 30.3 Å². The molecule has 4 heterocycles. The van der Waals surface area contributed by atoms with Crippen molar-refractivity contribution in [2.24, 2.45) is 5.14 Å². The van der Waals surface area contributed by atoms with Crippen molar-refractivity contribution < 1.29 is 12.8 Å². The van der Waals surface area contributed by atoms with E-state index in [1.54, 1.807) is 10.6 Å². The van der Waals surface area contributed by atoms with Crippen molar-refractivity contribution in [3.05, 3.63) is 90.9 Å². The SMILES string of the molecule is NS(=O)(=O)c1cncc(-c2nnc(NCc3ncccc3F)c3c(-c4ccccc4)ccn23)c1. The lowest BCUT2D eigenvalue weighted by atomic mass is 10.1. The summed E-state index contributed by atoms with van der Waals surface area (Å²) in [6, 6.07) is 15.8. The number of primary sulfonamides is 1. The highest BCUT2D eigenvalue weighted by molar-refractivity contribution is 7.89. The van der Waals surface area contributed by atoms with Gasteiger partial charge < -0.3 is 5.32 Å². The Morgan fingerprint density at radius 2 is 1.82 bits per heavy atom. The topological polar surface area (TPSA) is 128 Å². The molecule has 0 saturated heterocycles. The molecule has 0 aliphatic heterocycles. The highest BCUT2D eigenvalue weighted by Gasteiger charge is 2.18. The Labute approximate surface area is 194 Å². The Hall–Kier alpha value is -4.22. The predicted molar refractivity (Wildman–Crippen MR) is 125 cm³/mol. The fourth-order valence-corrected chi connectivity index (χ4v) is 4.12. The first kappa shape index (κ1) is 21.6. The third kappa shape index (κ3) is 4.09. The highest BCUT2D eigenvalue weighted by atomic mass is 32.2. The summed E-state index contributed by atoms with van der Waals surface area (Å²) in [5, 5.41) is 17.0. The van der Waals surface area contributed by atoms with Crippen LogP contribution in [0.25, 0.3) is 28.0 Å². The van der Waals surface area contributed by atoms with Crippen LogP contribution in [0.5, 0.6) is 0 Å². The molecular formula is C23H18FN7O2S. The van der Waals surface area contributed by atoms with Crippen molar-refractivity contribution in [3.63, 3.8) is 0 Å². The second kappa shape index (κ2) is 8.61. The molecule has 0 unspecified atom stereocenters. The zero-order valence-corrected chi connectivity index (χ0v) is 18.4. The molecule has 0 atom stereocenters. The minimum Gasteiger partial charge on any atom is -0.361 e. The molecule has 0 amide bonds. The lowest BCUT2D eigenvalue weighted by Crippen LogP contribution is -2.13. The Morgan fingerprint density at radius 3 is 2.59 bits per heavy atom. The van der Waals surface area contributed by atoms with E-state index in [0.29, 0.717) is 22.7 Å². The summed E-state index contributed by atoms with van der Waals surface area (Å²) < 4.78 is 39.5. The van der Waals surface area contributed by atoms with Crippen LogP contribution in [-0.2, 0) is 16.6 Å². The number of nitrogens with zero attached hydrogens (tertiary/aromatic N) is 5. The van der Waals surface area contributed by atoms with Crippen LogP contribution in [-0.4, -0.2) is 33.0 Å². The van der Waals surface area contributed by atoms with Crippen LogP contribution in [0.15, 0.2) is 84.3 Å². The lowest BCUT2D eigenvalue weighted by molar-refractivity contribution is 0.597. The van der Waals surface area contributed by atoms with Gasteiger partial charge in [0.1, 0.15) is 10.7 Å². The van der Waals surface area contributed by atoms with Gasteiger partial charge in [0.05, 0.1) is 17.8 Å². The van der Waals surface area contributed by atoms with Gasteiger partial charge in [-0.05, 0) is 29.8 Å². The molecule has 5 aromatic rings. The largest absolute Gasteiger partial charge is 0.361 e. The zero-order valence-electron chi connectivity index (χ0n) is 17.6. The van der Waals surface area contributed by atoms with Crippen molar-refractivity contribution in [1.29, 1.82) is 0 Å². The molecule has 11 heteroatoms. The van der Waals surface area contributed by atoms with E-state index in [-0.39, 0.29) is 17.1 Å². The van der Waals surface area contributed by atoms with Crippen LogP contribution in [0.2, 0.25) is 0 Å². The lowest BCUT2D eigenvalue weighted by Gasteiger charge is -2.12. The van der Waals surface area contributed by atoms with Gasteiger partial charge in [-0.25, -0.2) is 17.9 Å². The van der Waals surface area contributed by atoms with Crippen molar-refractivity contribution in [2.75, 3.05) is 5.32 Å². The standard InChI is InChI=1S/C23H18FN7O2S/c24-19-7-4-9-27-20(19)14-28-22-21-18(15-5-2-1-3-6-15)8-10-31(21)23(30-29-22)16-11-17(13-26-12-16)34(25,32)33/h1-13H,14H2,(H,28,29)(H2,25,32,33). The monoisotopic (exact) mass is 475 g/mol. The number of fused-ring (bicyclic) bond motifs is 1. The average Bonchev–Trinajstić information content (AvgIpc) is 3.29. The molecule has 0 bridgehead atoms. The number of benzene rings is 1. The molecule has 0 spiro atoms. The van der Waals surface area contributed by atoms with Gasteiger partial charge >= 0.3 is 0 Å². The maximum atomic E-state index is 14.1. The van der Waals surface area contributed by atoms with E-state index in [0.717, 1.165) is 11.1 Å². The molecule has 0 saturated carbocycles. The second-order valence-corrected chi connectivity index (χ2v) is 8.99. The molecule has 4 aromatic heterocycles. The number of hydrogen-bond donors (Lipinski definition) is 2. The molecule has 0 radical (unpaired) electrons. The summed E-state index contributed by atoms with van der Waals surface area (Å²) in [7, 11) is -3.95. The van der Waals surface area contributed by atoms with Gasteiger partial charge in [-0.2, -0.15) is 0 Å². The summed E-state index contributed by atoms with van der Waals surface area (Å²) in [4.78, 5) is 7.94.